The average molecular weight is 302 g/mol. The maximum Gasteiger partial charge on any atom is 0.0739 e. The van der Waals surface area contributed by atoms with E-state index in [1.54, 1.807) is 0 Å². The molecular formula is C21H22N2. The van der Waals surface area contributed by atoms with E-state index < -0.39 is 0 Å². The van der Waals surface area contributed by atoms with E-state index in [0.29, 0.717) is 0 Å². The van der Waals surface area contributed by atoms with Crippen molar-refractivity contribution in [2.75, 3.05) is 19.0 Å². The zero-order valence-corrected chi connectivity index (χ0v) is 14.2. The molecule has 0 aliphatic heterocycles. The van der Waals surface area contributed by atoms with E-state index in [9.17, 15) is 0 Å². The van der Waals surface area contributed by atoms with Gasteiger partial charge in [0.25, 0.3) is 0 Å². The van der Waals surface area contributed by atoms with Crippen LogP contribution in [0.5, 0.6) is 0 Å². The van der Waals surface area contributed by atoms with Gasteiger partial charge in [-0.15, -0.1) is 0 Å². The van der Waals surface area contributed by atoms with Crippen molar-refractivity contribution in [2.24, 2.45) is 0 Å². The van der Waals surface area contributed by atoms with Crippen molar-refractivity contribution in [2.45, 2.75) is 13.8 Å². The second-order valence-electron chi connectivity index (χ2n) is 6.12. The van der Waals surface area contributed by atoms with Crippen molar-refractivity contribution >= 4 is 28.7 Å². The van der Waals surface area contributed by atoms with Crippen LogP contribution < -0.4 is 4.90 Å². The molecular weight excluding hydrogens is 280 g/mol. The number of rotatable bonds is 3. The molecule has 0 radical (unpaired) electrons. The number of benzene rings is 2. The Morgan fingerprint density at radius 1 is 0.870 bits per heavy atom. The van der Waals surface area contributed by atoms with Gasteiger partial charge < -0.3 is 4.90 Å². The Balaban J connectivity index is 1.96. The Hall–Kier alpha value is -2.61. The summed E-state index contributed by atoms with van der Waals surface area (Å²) < 4.78 is 0. The van der Waals surface area contributed by atoms with Crippen molar-refractivity contribution in [3.8, 4) is 0 Å². The molecule has 0 aliphatic rings. The van der Waals surface area contributed by atoms with Crippen LogP contribution in [0.3, 0.4) is 0 Å². The first-order valence-electron chi connectivity index (χ1n) is 7.86. The highest BCUT2D eigenvalue weighted by Gasteiger charge is 2.04. The lowest BCUT2D eigenvalue weighted by atomic mass is 10.0. The summed E-state index contributed by atoms with van der Waals surface area (Å²) in [6, 6.07) is 15.0. The van der Waals surface area contributed by atoms with Crippen molar-refractivity contribution in [3.63, 3.8) is 0 Å². The predicted molar refractivity (Wildman–Crippen MR) is 101 cm³/mol. The molecule has 1 aromatic heterocycles. The van der Waals surface area contributed by atoms with Crippen molar-refractivity contribution in [1.29, 1.82) is 0 Å². The second kappa shape index (κ2) is 6.25. The van der Waals surface area contributed by atoms with Gasteiger partial charge in [-0.05, 0) is 54.3 Å². The highest BCUT2D eigenvalue weighted by molar-refractivity contribution is 5.92. The zero-order valence-electron chi connectivity index (χ0n) is 14.2. The maximum absolute atomic E-state index is 4.55. The van der Waals surface area contributed by atoms with Crippen LogP contribution in [-0.2, 0) is 0 Å². The topological polar surface area (TPSA) is 16.1 Å². The van der Waals surface area contributed by atoms with Crippen molar-refractivity contribution in [3.05, 3.63) is 70.9 Å². The van der Waals surface area contributed by atoms with Crippen LogP contribution in [0, 0.1) is 13.8 Å². The van der Waals surface area contributed by atoms with E-state index in [1.807, 2.05) is 6.20 Å². The van der Waals surface area contributed by atoms with Gasteiger partial charge in [-0.25, -0.2) is 0 Å². The number of hydrogen-bond acceptors (Lipinski definition) is 2. The van der Waals surface area contributed by atoms with Gasteiger partial charge in [-0.3, -0.25) is 4.98 Å². The number of fused-ring (bicyclic) bond motifs is 1. The van der Waals surface area contributed by atoms with Crippen LogP contribution in [-0.4, -0.2) is 19.1 Å². The van der Waals surface area contributed by atoms with Crippen LogP contribution >= 0.6 is 0 Å². The summed E-state index contributed by atoms with van der Waals surface area (Å²) in [6.07, 6.45) is 6.22. The third kappa shape index (κ3) is 3.11. The molecule has 0 atom stereocenters. The molecule has 0 aliphatic carbocycles. The van der Waals surface area contributed by atoms with Gasteiger partial charge in [-0.1, -0.05) is 36.4 Å². The first-order valence-corrected chi connectivity index (χ1v) is 7.86. The maximum atomic E-state index is 4.55. The molecule has 23 heavy (non-hydrogen) atoms. The minimum absolute atomic E-state index is 1.09. The molecule has 116 valence electrons. The van der Waals surface area contributed by atoms with Crippen LogP contribution in [0.1, 0.15) is 22.3 Å². The highest BCUT2D eigenvalue weighted by Crippen LogP contribution is 2.24. The normalized spacial score (nSPS) is 11.3. The molecule has 0 unspecified atom stereocenters. The summed E-state index contributed by atoms with van der Waals surface area (Å²) in [6.45, 7) is 4.27. The molecule has 0 amide bonds. The number of hydrogen-bond donors (Lipinski definition) is 0. The summed E-state index contributed by atoms with van der Waals surface area (Å²) in [5.74, 6) is 0. The number of pyridine rings is 1. The van der Waals surface area contributed by atoms with Gasteiger partial charge in [0.1, 0.15) is 0 Å². The summed E-state index contributed by atoms with van der Waals surface area (Å²) >= 11 is 0. The lowest BCUT2D eigenvalue weighted by Crippen LogP contribution is -2.07. The largest absolute Gasteiger partial charge is 0.378 e. The summed E-state index contributed by atoms with van der Waals surface area (Å²) in [5, 5.41) is 1.21. The SMILES string of the molecule is Cc1ccc2c(/C=C\c3ccc(N(C)C)cc3)ccnc2c1C. The molecule has 0 fully saturated rings. The molecule has 1 heterocycles. The third-order valence-corrected chi connectivity index (χ3v) is 4.34. The third-order valence-electron chi connectivity index (χ3n) is 4.34. The number of aryl methyl sites for hydroxylation is 2. The molecule has 2 nitrogen and oxygen atoms in total. The fraction of sp³-hybridized carbons (Fsp3) is 0.190. The van der Waals surface area contributed by atoms with E-state index in [-0.39, 0.29) is 0 Å². The zero-order chi connectivity index (χ0) is 16.4. The lowest BCUT2D eigenvalue weighted by molar-refractivity contribution is 1.13. The molecule has 0 spiro atoms. The fourth-order valence-corrected chi connectivity index (χ4v) is 2.70. The van der Waals surface area contributed by atoms with Gasteiger partial charge in [0.15, 0.2) is 0 Å². The minimum Gasteiger partial charge on any atom is -0.378 e. The van der Waals surface area contributed by atoms with Crippen molar-refractivity contribution in [1.82, 2.24) is 4.98 Å². The Bertz CT molecular complexity index is 859. The molecule has 0 saturated heterocycles. The van der Waals surface area contributed by atoms with Gasteiger partial charge in [0.2, 0.25) is 0 Å². The van der Waals surface area contributed by atoms with E-state index in [1.165, 1.54) is 33.3 Å². The molecule has 0 bridgehead atoms. The summed E-state index contributed by atoms with van der Waals surface area (Å²) in [5.41, 5.74) is 7.25. The first-order chi connectivity index (χ1) is 11.1. The molecule has 2 aromatic carbocycles. The lowest BCUT2D eigenvalue weighted by Gasteiger charge is -2.11. The van der Waals surface area contributed by atoms with Gasteiger partial charge in [0.05, 0.1) is 5.52 Å². The molecule has 3 rings (SSSR count). The minimum atomic E-state index is 1.09. The summed E-state index contributed by atoms with van der Waals surface area (Å²) in [7, 11) is 4.11. The molecule has 0 saturated carbocycles. The fourth-order valence-electron chi connectivity index (χ4n) is 2.70. The van der Waals surface area contributed by atoms with E-state index in [0.717, 1.165) is 5.52 Å². The van der Waals surface area contributed by atoms with Crippen molar-refractivity contribution < 1.29 is 0 Å². The van der Waals surface area contributed by atoms with E-state index >= 15 is 0 Å². The van der Waals surface area contributed by atoms with Crippen LogP contribution in [0.4, 0.5) is 5.69 Å². The highest BCUT2D eigenvalue weighted by atomic mass is 15.1. The standard InChI is InChI=1S/C21H22N2/c1-15-5-12-20-18(13-14-22-21(20)16(15)2)9-6-17-7-10-19(11-8-17)23(3)4/h5-14H,1-4H3/b9-6-. The number of anilines is 1. The summed E-state index contributed by atoms with van der Waals surface area (Å²) in [4.78, 5) is 6.65. The Morgan fingerprint density at radius 3 is 2.30 bits per heavy atom. The number of aromatic nitrogens is 1. The van der Waals surface area contributed by atoms with Gasteiger partial charge in [-0.2, -0.15) is 0 Å². The average Bonchev–Trinajstić information content (AvgIpc) is 2.56. The quantitative estimate of drug-likeness (QED) is 0.670. The molecule has 0 N–H and O–H groups in total. The Morgan fingerprint density at radius 2 is 1.61 bits per heavy atom. The molecule has 2 heteroatoms. The predicted octanol–water partition coefficient (Wildman–Crippen LogP) is 5.09. The van der Waals surface area contributed by atoms with Gasteiger partial charge in [0, 0.05) is 31.4 Å². The van der Waals surface area contributed by atoms with E-state index in [2.05, 4.69) is 92.4 Å². The smallest absolute Gasteiger partial charge is 0.0739 e. The monoisotopic (exact) mass is 302 g/mol. The molecule has 3 aromatic rings. The Kier molecular flexibility index (Phi) is 4.16. The van der Waals surface area contributed by atoms with Gasteiger partial charge >= 0.3 is 0 Å². The number of nitrogens with zero attached hydrogens (tertiary/aromatic N) is 2. The van der Waals surface area contributed by atoms with Crippen LogP contribution in [0.25, 0.3) is 23.1 Å². The second-order valence-corrected chi connectivity index (χ2v) is 6.12. The van der Waals surface area contributed by atoms with Crippen LogP contribution in [0.15, 0.2) is 48.7 Å². The Labute approximate surface area is 138 Å². The first kappa shape index (κ1) is 15.3. The van der Waals surface area contributed by atoms with E-state index in [4.69, 9.17) is 0 Å². The van der Waals surface area contributed by atoms with Crippen LogP contribution in [0.2, 0.25) is 0 Å².